The molecule has 14 heteroatoms. The molecule has 2 aliphatic heterocycles. The Morgan fingerprint density at radius 3 is 1.87 bits per heavy atom. The number of carbonyl (C=O) groups excluding carboxylic acids is 4. The maximum atomic E-state index is 14.2. The number of hydrogen-bond acceptors (Lipinski definition) is 8. The lowest BCUT2D eigenvalue weighted by Crippen LogP contribution is -2.54. The summed E-state index contributed by atoms with van der Waals surface area (Å²) >= 11 is 0. The third-order valence-electron chi connectivity index (χ3n) is 15.7. The minimum absolute atomic E-state index is 0.0654. The Balaban J connectivity index is 0.957. The van der Waals surface area contributed by atoms with Gasteiger partial charge in [0.15, 0.2) is 0 Å². The van der Waals surface area contributed by atoms with Gasteiger partial charge in [-0.2, -0.15) is 0 Å². The monoisotopic (exact) mass is 863 g/mol. The fourth-order valence-electron chi connectivity index (χ4n) is 12.4. The summed E-state index contributed by atoms with van der Waals surface area (Å²) in [6.07, 6.45) is 23.1. The topological polar surface area (TPSA) is 175 Å². The number of rotatable bonds is 10. The zero-order chi connectivity index (χ0) is 44.3. The number of alkyl carbamates (subject to hydrolysis) is 2. The van der Waals surface area contributed by atoms with Crippen LogP contribution in [0.15, 0.2) is 47.8 Å². The van der Waals surface area contributed by atoms with Crippen molar-refractivity contribution in [2.45, 2.75) is 141 Å². The molecule has 14 nitrogen and oxygen atoms in total. The highest BCUT2D eigenvalue weighted by Gasteiger charge is 2.53. The molecule has 8 bridgehead atoms. The van der Waals surface area contributed by atoms with Crippen LogP contribution in [0.2, 0.25) is 0 Å². The van der Waals surface area contributed by atoms with Gasteiger partial charge in [0.1, 0.15) is 23.7 Å². The number of piperidine rings is 2. The van der Waals surface area contributed by atoms with Crippen LogP contribution in [0.5, 0.6) is 0 Å². The van der Waals surface area contributed by atoms with Crippen LogP contribution in [-0.4, -0.2) is 92.1 Å². The van der Waals surface area contributed by atoms with Crippen molar-refractivity contribution in [1.82, 2.24) is 40.4 Å². The first-order valence-corrected chi connectivity index (χ1v) is 23.6. The van der Waals surface area contributed by atoms with Gasteiger partial charge in [-0.05, 0) is 129 Å². The fourth-order valence-corrected chi connectivity index (χ4v) is 12.4. The van der Waals surface area contributed by atoms with E-state index in [1.807, 2.05) is 49.9 Å². The molecule has 0 radical (unpaired) electrons. The van der Waals surface area contributed by atoms with E-state index in [0.717, 1.165) is 93.7 Å². The number of methoxy groups -OCH3 is 2. The first kappa shape index (κ1) is 43.1. The number of imidazole rings is 2. The van der Waals surface area contributed by atoms with Crippen molar-refractivity contribution in [3.8, 4) is 0 Å². The number of nitrogens with one attached hydrogen (secondary N) is 4. The normalized spacial score (nSPS) is 30.7. The number of hydrogen-bond donors (Lipinski definition) is 4. The molecule has 12 rings (SSSR count). The average Bonchev–Trinajstić information content (AvgIpc) is 4.15. The van der Waals surface area contributed by atoms with Crippen molar-refractivity contribution in [3.63, 3.8) is 0 Å². The molecule has 63 heavy (non-hydrogen) atoms. The molecular weight excluding hydrogens is 797 g/mol. The van der Waals surface area contributed by atoms with Crippen LogP contribution in [0.3, 0.4) is 0 Å². The van der Waals surface area contributed by atoms with Gasteiger partial charge in [-0.3, -0.25) is 9.59 Å². The van der Waals surface area contributed by atoms with Crippen molar-refractivity contribution >= 4 is 35.1 Å². The second-order valence-corrected chi connectivity index (χ2v) is 20.2. The standard InChI is InChI=1S/C49H66N8O6/c1-25(2)40(54-48(60)62-6)46(58)56-34-16-14-32(20-34)42(56)44-50-23-38(52-44)36-19-28-8-10-29-12-13-30(27(5)18-31(36)11-9-28)22-37(29)39-24-51-45(53-39)43-33-15-17-35(21-33)57(43)47(59)41(26(3)4)55-49(61)63-7/h9,12-13,19,23-27,30-35,40-43H,8,10-11,14-18,20-22H2,1-7H3,(H,50,52)(H,51,53)(H,54,60)(H,55,61)/t27-,30-,31-,32?,33?,34?,35?,40+,41+,42+,43+/m1/s1. The van der Waals surface area contributed by atoms with Crippen molar-refractivity contribution in [3.05, 3.63) is 70.9 Å². The molecule has 2 aromatic rings. The number of allylic oxidation sites excluding steroid dienone is 8. The lowest BCUT2D eigenvalue weighted by Gasteiger charge is -2.37. The smallest absolute Gasteiger partial charge is 0.407 e. The molecule has 2 saturated carbocycles. The molecule has 4 N–H and O–H groups in total. The second kappa shape index (κ2) is 17.4. The zero-order valence-corrected chi connectivity index (χ0v) is 38.0. The molecule has 4 fully saturated rings. The third-order valence-corrected chi connectivity index (χ3v) is 15.7. The first-order chi connectivity index (χ1) is 30.3. The van der Waals surface area contributed by atoms with E-state index in [1.54, 1.807) is 0 Å². The SMILES string of the molecule is COC(=O)N[C@H](C(=O)N1C2CCC(C2)[C@H]1c1ncc(C2=CC3=CC[C@@H]2C[C@@H](C)[C@@H]2C=CC(=C(c4cnc([C@@H]5C6CCC(C6)N5C(=O)[C@@H](NC(=O)OC)C(C)C)[nH]4)C2)CC3)[nH]1)C(C)C. The van der Waals surface area contributed by atoms with Crippen molar-refractivity contribution in [1.29, 1.82) is 0 Å². The molecule has 4 unspecified atom stereocenters. The van der Waals surface area contributed by atoms with E-state index in [4.69, 9.17) is 19.4 Å². The summed E-state index contributed by atoms with van der Waals surface area (Å²) in [6.45, 7) is 10.2. The molecule has 2 saturated heterocycles. The zero-order valence-electron chi connectivity index (χ0n) is 38.0. The van der Waals surface area contributed by atoms with E-state index < -0.39 is 24.3 Å². The van der Waals surface area contributed by atoms with Gasteiger partial charge in [0.2, 0.25) is 11.8 Å². The molecule has 10 aliphatic rings. The average molecular weight is 863 g/mol. The van der Waals surface area contributed by atoms with Gasteiger partial charge >= 0.3 is 12.2 Å². The minimum Gasteiger partial charge on any atom is -0.453 e. The van der Waals surface area contributed by atoms with Crippen molar-refractivity contribution < 1.29 is 28.7 Å². The highest BCUT2D eigenvalue weighted by atomic mass is 16.5. The fraction of sp³-hybridized carbons (Fsp3) is 0.633. The molecule has 8 aliphatic carbocycles. The molecule has 338 valence electrons. The van der Waals surface area contributed by atoms with E-state index >= 15 is 0 Å². The first-order valence-electron chi connectivity index (χ1n) is 23.6. The van der Waals surface area contributed by atoms with Crippen LogP contribution >= 0.6 is 0 Å². The summed E-state index contributed by atoms with van der Waals surface area (Å²) in [5.41, 5.74) is 7.32. The Labute approximate surface area is 371 Å². The summed E-state index contributed by atoms with van der Waals surface area (Å²) in [5.74, 6) is 3.05. The van der Waals surface area contributed by atoms with E-state index in [1.165, 1.54) is 36.5 Å². The Kier molecular flexibility index (Phi) is 11.9. The van der Waals surface area contributed by atoms with Crippen LogP contribution in [0.4, 0.5) is 9.59 Å². The number of aromatic nitrogens is 4. The molecule has 11 atom stereocenters. The Hall–Kier alpha value is -5.14. The van der Waals surface area contributed by atoms with Crippen LogP contribution in [0.1, 0.15) is 140 Å². The maximum absolute atomic E-state index is 14.2. The van der Waals surface area contributed by atoms with E-state index in [9.17, 15) is 19.2 Å². The van der Waals surface area contributed by atoms with Crippen LogP contribution in [-0.2, 0) is 19.1 Å². The quantitative estimate of drug-likeness (QED) is 0.185. The Bertz CT molecular complexity index is 2230. The maximum Gasteiger partial charge on any atom is 0.407 e. The van der Waals surface area contributed by atoms with Gasteiger partial charge in [-0.1, -0.05) is 64.5 Å². The van der Waals surface area contributed by atoms with Crippen LogP contribution < -0.4 is 10.6 Å². The number of ether oxygens (including phenoxy) is 2. The predicted octanol–water partition coefficient (Wildman–Crippen LogP) is 8.18. The number of H-pyrrole nitrogens is 2. The second-order valence-electron chi connectivity index (χ2n) is 20.2. The summed E-state index contributed by atoms with van der Waals surface area (Å²) in [7, 11) is 2.65. The lowest BCUT2D eigenvalue weighted by atomic mass is 9.72. The van der Waals surface area contributed by atoms with Gasteiger partial charge in [0.25, 0.3) is 0 Å². The van der Waals surface area contributed by atoms with E-state index in [-0.39, 0.29) is 47.8 Å². The molecule has 4 heterocycles. The van der Waals surface area contributed by atoms with E-state index in [0.29, 0.717) is 29.6 Å². The van der Waals surface area contributed by atoms with Gasteiger partial charge in [-0.15, -0.1) is 0 Å². The molecular formula is C49H66N8O6. The predicted molar refractivity (Wildman–Crippen MR) is 238 cm³/mol. The van der Waals surface area contributed by atoms with Gasteiger partial charge in [-0.25, -0.2) is 19.6 Å². The third kappa shape index (κ3) is 8.04. The molecule has 0 spiro atoms. The van der Waals surface area contributed by atoms with Gasteiger partial charge < -0.3 is 39.9 Å². The summed E-state index contributed by atoms with van der Waals surface area (Å²) < 4.78 is 9.77. The van der Waals surface area contributed by atoms with E-state index in [2.05, 4.69) is 51.8 Å². The van der Waals surface area contributed by atoms with Gasteiger partial charge in [0.05, 0.1) is 50.1 Å². The number of nitrogens with zero attached hydrogens (tertiary/aromatic N) is 4. The highest BCUT2D eigenvalue weighted by molar-refractivity contribution is 5.88. The highest BCUT2D eigenvalue weighted by Crippen LogP contribution is 2.52. The van der Waals surface area contributed by atoms with Crippen LogP contribution in [0, 0.1) is 41.4 Å². The minimum atomic E-state index is -0.675. The Morgan fingerprint density at radius 2 is 1.32 bits per heavy atom. The summed E-state index contributed by atoms with van der Waals surface area (Å²) in [5, 5.41) is 5.62. The van der Waals surface area contributed by atoms with Gasteiger partial charge in [0, 0.05) is 12.1 Å². The number of fused-ring (bicyclic) bond motifs is 4. The lowest BCUT2D eigenvalue weighted by molar-refractivity contribution is -0.140. The largest absolute Gasteiger partial charge is 0.453 e. The molecule has 4 amide bonds. The number of aromatic amines is 2. The molecule has 0 aromatic carbocycles. The van der Waals surface area contributed by atoms with Crippen molar-refractivity contribution in [2.75, 3.05) is 14.2 Å². The summed E-state index contributed by atoms with van der Waals surface area (Å²) in [4.78, 5) is 74.6. The Morgan fingerprint density at radius 1 is 0.762 bits per heavy atom. The number of carbonyl (C=O) groups is 4. The van der Waals surface area contributed by atoms with Crippen molar-refractivity contribution in [2.24, 2.45) is 41.4 Å². The number of amides is 4. The van der Waals surface area contributed by atoms with Crippen LogP contribution in [0.25, 0.3) is 11.1 Å². The number of likely N-dealkylation sites (tertiary alicyclic amines) is 2. The molecule has 2 aromatic heterocycles. The summed E-state index contributed by atoms with van der Waals surface area (Å²) in [6, 6.07) is -1.39.